The Morgan fingerprint density at radius 2 is 1.94 bits per heavy atom. The monoisotopic (exact) mass is 444 g/mol. The van der Waals surface area contributed by atoms with E-state index in [9.17, 15) is 24.9 Å². The first-order valence-electron chi connectivity index (χ1n) is 11.3. The molecule has 0 aliphatic heterocycles. The summed E-state index contributed by atoms with van der Waals surface area (Å²) in [5.74, 6) is -0.705. The molecule has 0 saturated carbocycles. The van der Waals surface area contributed by atoms with Gasteiger partial charge in [0.15, 0.2) is 0 Å². The molecular formula is C24H37NaO6. The van der Waals surface area contributed by atoms with Crippen molar-refractivity contribution in [2.75, 3.05) is 0 Å². The second-order valence-corrected chi connectivity index (χ2v) is 9.27. The zero-order valence-electron chi connectivity index (χ0n) is 19.6. The maximum atomic E-state index is 12.5. The minimum absolute atomic E-state index is 0. The number of carboxylic acid groups (broad SMARTS) is 1. The van der Waals surface area contributed by atoms with Crippen molar-refractivity contribution in [1.82, 2.24) is 0 Å². The maximum absolute atomic E-state index is 12.5. The number of allylic oxidation sites excluding steroid dienone is 3. The van der Waals surface area contributed by atoms with E-state index in [1.54, 1.807) is 0 Å². The van der Waals surface area contributed by atoms with Gasteiger partial charge in [-0.15, -0.1) is 0 Å². The zero-order chi connectivity index (χ0) is 22.4. The van der Waals surface area contributed by atoms with E-state index in [1.807, 2.05) is 13.8 Å². The number of ether oxygens (including phenoxy) is 1. The topological polar surface area (TPSA) is 107 Å². The van der Waals surface area contributed by atoms with Gasteiger partial charge in [0.05, 0.1) is 18.1 Å². The van der Waals surface area contributed by atoms with Crippen LogP contribution in [0.3, 0.4) is 0 Å². The zero-order valence-corrected chi connectivity index (χ0v) is 21.6. The quantitative estimate of drug-likeness (QED) is 0.344. The second-order valence-electron chi connectivity index (χ2n) is 9.27. The molecule has 0 aromatic rings. The first kappa shape index (κ1) is 28.4. The number of aliphatic hydroxyl groups excluding tert-OH is 2. The van der Waals surface area contributed by atoms with Gasteiger partial charge < -0.3 is 24.9 Å². The molecule has 0 radical (unpaired) electrons. The number of aliphatic carboxylic acids is 1. The first-order chi connectivity index (χ1) is 14.1. The molecule has 0 fully saturated rings. The molecule has 0 spiro atoms. The Morgan fingerprint density at radius 3 is 2.55 bits per heavy atom. The number of hydrogen-bond acceptors (Lipinski definition) is 6. The summed E-state index contributed by atoms with van der Waals surface area (Å²) in [7, 11) is 0. The Kier molecular flexibility index (Phi) is 12.0. The van der Waals surface area contributed by atoms with Crippen molar-refractivity contribution in [1.29, 1.82) is 0 Å². The summed E-state index contributed by atoms with van der Waals surface area (Å²) in [6.45, 7) is 8.14. The van der Waals surface area contributed by atoms with Gasteiger partial charge in [-0.2, -0.15) is 0 Å². The van der Waals surface area contributed by atoms with Crippen molar-refractivity contribution >= 4 is 11.9 Å². The van der Waals surface area contributed by atoms with Crippen molar-refractivity contribution in [2.24, 2.45) is 29.6 Å². The Hall–Kier alpha value is -0.660. The summed E-state index contributed by atoms with van der Waals surface area (Å²) in [6, 6.07) is 0. The van der Waals surface area contributed by atoms with Crippen LogP contribution in [-0.4, -0.2) is 40.5 Å². The van der Waals surface area contributed by atoms with Crippen molar-refractivity contribution in [2.45, 2.75) is 84.5 Å². The number of fused-ring (bicyclic) bond motifs is 1. The average molecular weight is 445 g/mol. The summed E-state index contributed by atoms with van der Waals surface area (Å²) >= 11 is 0. The van der Waals surface area contributed by atoms with Crippen LogP contribution in [0.25, 0.3) is 0 Å². The van der Waals surface area contributed by atoms with Crippen molar-refractivity contribution in [3.63, 3.8) is 0 Å². The standard InChI is InChI=1S/C24H38O6.Na/c1-5-15(3)24(29)30-21-11-14(2)10-17-7-6-16(4)20(23(17)21)9-8-18(25)12-19(26)13-22(27)28;/h6-7,10,14-16,18-21,23,25-26H,5,8-9,11-13H2,1-4H3,(H,27,28);/q;+1/p-1/t14-,15-,16-,18?,19+,20-,21-,23-;/m0./s1. The Morgan fingerprint density at radius 1 is 1.26 bits per heavy atom. The smallest absolute Gasteiger partial charge is 0.550 e. The number of esters is 1. The largest absolute Gasteiger partial charge is 1.00 e. The van der Waals surface area contributed by atoms with Crippen LogP contribution < -0.4 is 34.7 Å². The Bertz CT molecular complexity index is 660. The van der Waals surface area contributed by atoms with E-state index >= 15 is 0 Å². The molecule has 2 aliphatic carbocycles. The van der Waals surface area contributed by atoms with E-state index in [4.69, 9.17) is 4.74 Å². The summed E-state index contributed by atoms with van der Waals surface area (Å²) in [6.07, 6.45) is 6.75. The van der Waals surface area contributed by atoms with Crippen LogP contribution in [0.2, 0.25) is 0 Å². The number of hydrogen-bond donors (Lipinski definition) is 2. The summed E-state index contributed by atoms with van der Waals surface area (Å²) in [5.41, 5.74) is 1.20. The molecular weight excluding hydrogens is 407 g/mol. The van der Waals surface area contributed by atoms with Gasteiger partial charge in [-0.05, 0) is 55.4 Å². The minimum atomic E-state index is -1.32. The SMILES string of the molecule is CC[C@H](C)C(=O)O[C@H]1C[C@@H](C)C=C2C=C[C@H](C)[C@H](CCC(O)C[C@@H](O)CC(=O)[O-])[C@H]21.[Na+]. The number of rotatable bonds is 10. The molecule has 31 heavy (non-hydrogen) atoms. The van der Waals surface area contributed by atoms with Crippen molar-refractivity contribution in [3.8, 4) is 0 Å². The first-order valence-corrected chi connectivity index (χ1v) is 11.3. The predicted octanol–water partition coefficient (Wildman–Crippen LogP) is -0.615. The molecule has 7 heteroatoms. The molecule has 0 aromatic carbocycles. The molecule has 2 aliphatic rings. The molecule has 6 nitrogen and oxygen atoms in total. The van der Waals surface area contributed by atoms with Gasteiger partial charge in [0.1, 0.15) is 6.10 Å². The Balaban J connectivity index is 0.00000480. The van der Waals surface area contributed by atoms with Crippen LogP contribution in [0.1, 0.15) is 66.2 Å². The van der Waals surface area contributed by atoms with Crippen LogP contribution >= 0.6 is 0 Å². The third-order valence-corrected chi connectivity index (χ3v) is 6.66. The van der Waals surface area contributed by atoms with Crippen LogP contribution in [0, 0.1) is 29.6 Å². The van der Waals surface area contributed by atoms with Gasteiger partial charge in [-0.1, -0.05) is 45.9 Å². The number of carbonyl (C=O) groups is 2. The van der Waals surface area contributed by atoms with E-state index in [1.165, 1.54) is 5.57 Å². The minimum Gasteiger partial charge on any atom is -0.550 e. The van der Waals surface area contributed by atoms with Crippen LogP contribution in [0.15, 0.2) is 23.8 Å². The van der Waals surface area contributed by atoms with Gasteiger partial charge >= 0.3 is 35.5 Å². The molecule has 0 saturated heterocycles. The molecule has 8 atom stereocenters. The summed E-state index contributed by atoms with van der Waals surface area (Å²) < 4.78 is 5.99. The summed E-state index contributed by atoms with van der Waals surface area (Å²) in [5, 5.41) is 30.7. The number of carboxylic acids is 1. The molecule has 170 valence electrons. The van der Waals surface area contributed by atoms with Crippen molar-refractivity contribution in [3.05, 3.63) is 23.8 Å². The van der Waals surface area contributed by atoms with Crippen LogP contribution in [0.4, 0.5) is 0 Å². The molecule has 2 rings (SSSR count). The maximum Gasteiger partial charge on any atom is 1.00 e. The third-order valence-electron chi connectivity index (χ3n) is 6.66. The molecule has 2 N–H and O–H groups in total. The molecule has 1 unspecified atom stereocenters. The van der Waals surface area contributed by atoms with Gasteiger partial charge in [-0.3, -0.25) is 4.79 Å². The second kappa shape index (κ2) is 13.1. The molecule has 0 aromatic heterocycles. The van der Waals surface area contributed by atoms with Crippen molar-refractivity contribution < 1.29 is 59.2 Å². The van der Waals surface area contributed by atoms with Gasteiger partial charge in [-0.25, -0.2) is 0 Å². The van der Waals surface area contributed by atoms with Crippen LogP contribution in [0.5, 0.6) is 0 Å². The van der Waals surface area contributed by atoms with Gasteiger partial charge in [0.2, 0.25) is 0 Å². The molecule has 0 heterocycles. The normalized spacial score (nSPS) is 30.3. The van der Waals surface area contributed by atoms with E-state index in [2.05, 4.69) is 32.1 Å². The molecule has 0 amide bonds. The Labute approximate surface area is 208 Å². The van der Waals surface area contributed by atoms with E-state index < -0.39 is 24.6 Å². The molecule has 0 bridgehead atoms. The average Bonchev–Trinajstić information content (AvgIpc) is 2.65. The fourth-order valence-corrected chi connectivity index (χ4v) is 4.75. The summed E-state index contributed by atoms with van der Waals surface area (Å²) in [4.78, 5) is 23.1. The number of aliphatic hydroxyl groups is 2. The predicted molar refractivity (Wildman–Crippen MR) is 112 cm³/mol. The van der Waals surface area contributed by atoms with E-state index in [0.29, 0.717) is 18.8 Å². The van der Waals surface area contributed by atoms with Crippen LogP contribution in [-0.2, 0) is 14.3 Å². The fraction of sp³-hybridized carbons (Fsp3) is 0.750. The third kappa shape index (κ3) is 8.32. The fourth-order valence-electron chi connectivity index (χ4n) is 4.75. The van der Waals surface area contributed by atoms with E-state index in [0.717, 1.165) is 12.8 Å². The van der Waals surface area contributed by atoms with E-state index in [-0.39, 0.29) is 71.7 Å². The van der Waals surface area contributed by atoms with Gasteiger partial charge in [0.25, 0.3) is 0 Å². The van der Waals surface area contributed by atoms with Gasteiger partial charge in [0, 0.05) is 18.3 Å². The number of carbonyl (C=O) groups excluding carboxylic acids is 2.